The topological polar surface area (TPSA) is 68.0 Å². The first-order chi connectivity index (χ1) is 13.6. The molecule has 0 spiro atoms. The van der Waals surface area contributed by atoms with Crippen molar-refractivity contribution in [3.63, 3.8) is 0 Å². The van der Waals surface area contributed by atoms with E-state index in [1.54, 1.807) is 7.11 Å². The first kappa shape index (κ1) is 20.4. The zero-order chi connectivity index (χ0) is 19.9. The van der Waals surface area contributed by atoms with Crippen molar-refractivity contribution in [3.8, 4) is 11.3 Å². The minimum atomic E-state index is -0.0336. The SMILES string of the molecule is CCCN(Cc1c(-c2cccc(C)c2)noc1N1CCOCC1)C(=O)COC. The van der Waals surface area contributed by atoms with Crippen molar-refractivity contribution in [2.24, 2.45) is 0 Å². The molecule has 0 bridgehead atoms. The molecule has 1 fully saturated rings. The molecule has 1 saturated heterocycles. The summed E-state index contributed by atoms with van der Waals surface area (Å²) in [5.41, 5.74) is 3.87. The monoisotopic (exact) mass is 387 g/mol. The number of aromatic nitrogens is 1. The molecule has 2 heterocycles. The fourth-order valence-corrected chi connectivity index (χ4v) is 3.44. The molecule has 1 aliphatic rings. The zero-order valence-corrected chi connectivity index (χ0v) is 16.9. The minimum absolute atomic E-state index is 0.0336. The van der Waals surface area contributed by atoms with Gasteiger partial charge < -0.3 is 23.8 Å². The predicted molar refractivity (Wildman–Crippen MR) is 107 cm³/mol. The van der Waals surface area contributed by atoms with Gasteiger partial charge in [0.1, 0.15) is 12.3 Å². The van der Waals surface area contributed by atoms with E-state index in [0.29, 0.717) is 26.3 Å². The number of nitrogens with zero attached hydrogens (tertiary/aromatic N) is 3. The predicted octanol–water partition coefficient (Wildman–Crippen LogP) is 2.87. The van der Waals surface area contributed by atoms with Gasteiger partial charge in [0, 0.05) is 32.3 Å². The molecular weight excluding hydrogens is 358 g/mol. The number of aryl methyl sites for hydroxylation is 1. The Balaban J connectivity index is 1.99. The van der Waals surface area contributed by atoms with E-state index >= 15 is 0 Å². The van der Waals surface area contributed by atoms with Gasteiger partial charge in [0.2, 0.25) is 11.8 Å². The first-order valence-electron chi connectivity index (χ1n) is 9.79. The molecule has 2 aromatic rings. The number of hydrogen-bond acceptors (Lipinski definition) is 6. The summed E-state index contributed by atoms with van der Waals surface area (Å²) in [5.74, 6) is 0.694. The lowest BCUT2D eigenvalue weighted by molar-refractivity contribution is -0.135. The fourth-order valence-electron chi connectivity index (χ4n) is 3.44. The van der Waals surface area contributed by atoms with Crippen LogP contribution in [0.15, 0.2) is 28.8 Å². The Morgan fingerprint density at radius 1 is 1.32 bits per heavy atom. The second-order valence-corrected chi connectivity index (χ2v) is 7.03. The summed E-state index contributed by atoms with van der Waals surface area (Å²) in [5, 5.41) is 4.39. The van der Waals surface area contributed by atoms with Crippen LogP contribution in [0.1, 0.15) is 24.5 Å². The standard InChI is InChI=1S/C21H29N3O4/c1-4-8-24(19(25)15-26-3)14-18-20(17-7-5-6-16(2)13-17)22-28-21(18)23-9-11-27-12-10-23/h5-7,13H,4,8-12,14-15H2,1-3H3. The Bertz CT molecular complexity index is 784. The number of methoxy groups -OCH3 is 1. The molecule has 7 heteroatoms. The quantitative estimate of drug-likeness (QED) is 0.694. The zero-order valence-electron chi connectivity index (χ0n) is 16.9. The summed E-state index contributed by atoms with van der Waals surface area (Å²) in [7, 11) is 1.54. The number of amides is 1. The summed E-state index contributed by atoms with van der Waals surface area (Å²) in [4.78, 5) is 16.5. The van der Waals surface area contributed by atoms with Crippen molar-refractivity contribution in [1.29, 1.82) is 0 Å². The van der Waals surface area contributed by atoms with Crippen molar-refractivity contribution in [2.45, 2.75) is 26.8 Å². The smallest absolute Gasteiger partial charge is 0.248 e. The lowest BCUT2D eigenvalue weighted by Crippen LogP contribution is -2.38. The highest BCUT2D eigenvalue weighted by atomic mass is 16.5. The summed E-state index contributed by atoms with van der Waals surface area (Å²) in [6.07, 6.45) is 0.868. The highest BCUT2D eigenvalue weighted by molar-refractivity contribution is 5.78. The molecular formula is C21H29N3O4. The molecule has 1 aromatic heterocycles. The Morgan fingerprint density at radius 3 is 2.79 bits per heavy atom. The average Bonchev–Trinajstić information content (AvgIpc) is 3.12. The number of rotatable bonds is 8. The molecule has 3 rings (SSSR count). The fraction of sp³-hybridized carbons (Fsp3) is 0.524. The van der Waals surface area contributed by atoms with Gasteiger partial charge in [-0.1, -0.05) is 35.8 Å². The molecule has 7 nitrogen and oxygen atoms in total. The van der Waals surface area contributed by atoms with Crippen LogP contribution in [0, 0.1) is 6.92 Å². The highest BCUT2D eigenvalue weighted by Gasteiger charge is 2.27. The van der Waals surface area contributed by atoms with Gasteiger partial charge >= 0.3 is 0 Å². The van der Waals surface area contributed by atoms with Crippen LogP contribution < -0.4 is 4.90 Å². The van der Waals surface area contributed by atoms with Crippen LogP contribution >= 0.6 is 0 Å². The summed E-state index contributed by atoms with van der Waals surface area (Å²) >= 11 is 0. The Hall–Kier alpha value is -2.38. The molecule has 0 aliphatic carbocycles. The highest BCUT2D eigenvalue weighted by Crippen LogP contribution is 2.33. The van der Waals surface area contributed by atoms with Gasteiger partial charge in [-0.3, -0.25) is 4.79 Å². The maximum atomic E-state index is 12.6. The number of ether oxygens (including phenoxy) is 2. The lowest BCUT2D eigenvalue weighted by atomic mass is 10.0. The van der Waals surface area contributed by atoms with Gasteiger partial charge in [-0.15, -0.1) is 0 Å². The van der Waals surface area contributed by atoms with Gasteiger partial charge in [-0.2, -0.15) is 0 Å². The number of anilines is 1. The van der Waals surface area contributed by atoms with Crippen molar-refractivity contribution in [3.05, 3.63) is 35.4 Å². The van der Waals surface area contributed by atoms with Gasteiger partial charge in [-0.05, 0) is 19.4 Å². The van der Waals surface area contributed by atoms with Crippen LogP contribution in [-0.4, -0.2) is 62.5 Å². The van der Waals surface area contributed by atoms with E-state index in [4.69, 9.17) is 14.0 Å². The van der Waals surface area contributed by atoms with Gasteiger partial charge in [0.25, 0.3) is 0 Å². The Kier molecular flexibility index (Phi) is 7.06. The van der Waals surface area contributed by atoms with E-state index in [2.05, 4.69) is 36.0 Å². The van der Waals surface area contributed by atoms with Gasteiger partial charge in [0.05, 0.1) is 25.3 Å². The maximum absolute atomic E-state index is 12.6. The molecule has 0 saturated carbocycles. The largest absolute Gasteiger partial charge is 0.378 e. The third-order valence-electron chi connectivity index (χ3n) is 4.82. The molecule has 0 unspecified atom stereocenters. The third-order valence-corrected chi connectivity index (χ3v) is 4.82. The molecule has 152 valence electrons. The third kappa shape index (κ3) is 4.72. The number of carbonyl (C=O) groups excluding carboxylic acids is 1. The number of morpholine rings is 1. The summed E-state index contributed by atoms with van der Waals surface area (Å²) in [6, 6.07) is 8.18. The minimum Gasteiger partial charge on any atom is -0.378 e. The van der Waals surface area contributed by atoms with Crippen molar-refractivity contribution in [2.75, 3.05) is 51.5 Å². The van der Waals surface area contributed by atoms with E-state index in [-0.39, 0.29) is 12.5 Å². The van der Waals surface area contributed by atoms with Crippen LogP contribution in [0.5, 0.6) is 0 Å². The normalized spacial score (nSPS) is 14.3. The van der Waals surface area contributed by atoms with E-state index in [1.807, 2.05) is 17.0 Å². The van der Waals surface area contributed by atoms with E-state index in [9.17, 15) is 4.79 Å². The lowest BCUT2D eigenvalue weighted by Gasteiger charge is -2.28. The van der Waals surface area contributed by atoms with Crippen molar-refractivity contribution >= 4 is 11.8 Å². The Morgan fingerprint density at radius 2 is 2.11 bits per heavy atom. The van der Waals surface area contributed by atoms with Crippen molar-refractivity contribution < 1.29 is 18.8 Å². The Labute approximate surface area is 166 Å². The molecule has 0 N–H and O–H groups in total. The van der Waals surface area contributed by atoms with E-state index in [1.165, 1.54) is 0 Å². The number of benzene rings is 1. The van der Waals surface area contributed by atoms with Crippen molar-refractivity contribution in [1.82, 2.24) is 10.1 Å². The molecule has 1 amide bonds. The first-order valence-corrected chi connectivity index (χ1v) is 9.79. The van der Waals surface area contributed by atoms with E-state index in [0.717, 1.165) is 47.8 Å². The van der Waals surface area contributed by atoms with Crippen LogP contribution in [0.25, 0.3) is 11.3 Å². The van der Waals surface area contributed by atoms with Crippen LogP contribution in [0.4, 0.5) is 5.88 Å². The van der Waals surface area contributed by atoms with Gasteiger partial charge in [0.15, 0.2) is 0 Å². The average molecular weight is 387 g/mol. The van der Waals surface area contributed by atoms with Crippen LogP contribution in [-0.2, 0) is 20.8 Å². The number of hydrogen-bond donors (Lipinski definition) is 0. The molecule has 1 aromatic carbocycles. The molecule has 28 heavy (non-hydrogen) atoms. The molecule has 1 aliphatic heterocycles. The van der Waals surface area contributed by atoms with Crippen LogP contribution in [0.2, 0.25) is 0 Å². The summed E-state index contributed by atoms with van der Waals surface area (Å²) in [6.45, 7) is 8.08. The second kappa shape index (κ2) is 9.71. The van der Waals surface area contributed by atoms with E-state index < -0.39 is 0 Å². The number of carbonyl (C=O) groups is 1. The second-order valence-electron chi connectivity index (χ2n) is 7.03. The van der Waals surface area contributed by atoms with Gasteiger partial charge in [-0.25, -0.2) is 0 Å². The molecule has 0 radical (unpaired) electrons. The maximum Gasteiger partial charge on any atom is 0.248 e. The van der Waals surface area contributed by atoms with Crippen LogP contribution in [0.3, 0.4) is 0 Å². The summed E-state index contributed by atoms with van der Waals surface area (Å²) < 4.78 is 16.3. The molecule has 0 atom stereocenters.